The summed E-state index contributed by atoms with van der Waals surface area (Å²) in [6.07, 6.45) is -2.28. The molecule has 10 atom stereocenters. The predicted molar refractivity (Wildman–Crippen MR) is 383 cm³/mol. The fourth-order valence-corrected chi connectivity index (χ4v) is 14.9. The first-order valence-electron chi connectivity index (χ1n) is 34.9. The molecule has 4 fully saturated rings. The van der Waals surface area contributed by atoms with Crippen LogP contribution in [0.1, 0.15) is 85.3 Å². The minimum atomic E-state index is -4.05. The quantitative estimate of drug-likeness (QED) is 0.0207. The number of nitrogens with one attached hydrogen (secondary N) is 2. The Morgan fingerprint density at radius 3 is 1.31 bits per heavy atom. The summed E-state index contributed by atoms with van der Waals surface area (Å²) < 4.78 is 128. The van der Waals surface area contributed by atoms with Crippen LogP contribution in [0.15, 0.2) is 94.7 Å². The second-order valence-electron chi connectivity index (χ2n) is 26.5. The number of rotatable bonds is 31. The number of amides is 2. The summed E-state index contributed by atoms with van der Waals surface area (Å²) in [6.45, 7) is 16.9. The van der Waals surface area contributed by atoms with Gasteiger partial charge in [0.25, 0.3) is 0 Å². The Kier molecular flexibility index (Phi) is 38.9. The van der Waals surface area contributed by atoms with Crippen LogP contribution in [-0.2, 0) is 94.9 Å². The maximum atomic E-state index is 13.9. The molecule has 0 unspecified atom stereocenters. The van der Waals surface area contributed by atoms with Gasteiger partial charge in [-0.05, 0) is 131 Å². The van der Waals surface area contributed by atoms with Gasteiger partial charge in [0.15, 0.2) is 35.6 Å². The van der Waals surface area contributed by atoms with Gasteiger partial charge in [-0.15, -0.1) is 0 Å². The molecule has 4 aromatic carbocycles. The Hall–Kier alpha value is -7.14. The molecule has 593 valence electrons. The van der Waals surface area contributed by atoms with Crippen molar-refractivity contribution in [1.82, 2.24) is 24.1 Å². The first kappa shape index (κ1) is 91.5. The van der Waals surface area contributed by atoms with Gasteiger partial charge in [0.2, 0.25) is 39.6 Å². The van der Waals surface area contributed by atoms with E-state index in [2.05, 4.69) is 38.0 Å². The fourth-order valence-electron chi connectivity index (χ4n) is 11.6. The first-order valence-corrected chi connectivity index (χ1v) is 37.8. The monoisotopic (exact) mass is 1570 g/mol. The minimum Gasteiger partial charge on any atom is -0.793 e. The zero-order valence-electron chi connectivity index (χ0n) is 62.8. The van der Waals surface area contributed by atoms with Gasteiger partial charge in [-0.1, -0.05) is 52.0 Å². The first-order chi connectivity index (χ1) is 51.0. The second-order valence-corrected chi connectivity index (χ2v) is 30.4. The van der Waals surface area contributed by atoms with Crippen molar-refractivity contribution in [1.29, 1.82) is 0 Å². The predicted octanol–water partition coefficient (Wildman–Crippen LogP) is 1.58. The van der Waals surface area contributed by atoms with Gasteiger partial charge < -0.3 is 106 Å². The summed E-state index contributed by atoms with van der Waals surface area (Å²) in [5.74, 6) is 1.05. The molecule has 0 aliphatic carbocycles. The molecule has 37 heteroatoms. The molecule has 3 radical (unpaired) electrons. The molecular weight excluding hydrogens is 1470 g/mol. The van der Waals surface area contributed by atoms with E-state index in [4.69, 9.17) is 67.4 Å². The zero-order chi connectivity index (χ0) is 78.4. The standard InChI is InChI=1S/C33H47N3O10S.C31H43N3O10S.C4H6O4.C2H3BO2.CH2O.Na/c1-22(2)18-36(47(39,40)25-10-11-29-30(17-25)45-21-44-29)19-28(37)27(34-33(38)46-31-20-43-32-26(31)12-15-42-32)16-23-6-8-24(9-7-23)41-14-5-13-35(3)4;1-20(2)16-34(45(37,38)23-8-9-27-28(15-23)43-19-42-27)17-26(35)25(14-21-4-6-22(7-5-21)39-12-3-11-32)33-31(36)44-29-18-41-30-24(29)10-13-40-30;1-3(5)7-8-4(2)6;1-2(4)5-3;1-2;/h6-11,17,22,26-28,31-32,37H,5,12-16,18-21H2,1-4H3,(H,34,38);4-9,15,20,24-26,29-30,35H,3,10-14,16-19,32H2,1-2H3,(H,33,36);1-2H3;1H3;1H2;/q;;;-1;;+1/t26-,27-,28+,31+,32+;24-,25-,26+,29+,30+;;;;/m00..../s1. The van der Waals surface area contributed by atoms with E-state index in [-0.39, 0.29) is 141 Å². The largest absolute Gasteiger partial charge is 1.00 e. The Balaban J connectivity index is 0.000000323. The zero-order valence-corrected chi connectivity index (χ0v) is 66.4. The number of sulfonamides is 2. The van der Waals surface area contributed by atoms with Gasteiger partial charge in [-0.25, -0.2) is 45.8 Å². The van der Waals surface area contributed by atoms with Crippen molar-refractivity contribution in [2.75, 3.05) is 107 Å². The van der Waals surface area contributed by atoms with E-state index in [1.54, 1.807) is 24.3 Å². The summed E-state index contributed by atoms with van der Waals surface area (Å²) in [6, 6.07) is 21.8. The molecule has 10 rings (SSSR count). The van der Waals surface area contributed by atoms with E-state index < -0.39 is 86.6 Å². The Bertz CT molecular complexity index is 3670. The summed E-state index contributed by atoms with van der Waals surface area (Å²) in [5, 5.41) is 28.8. The molecule has 0 aromatic heterocycles. The number of ether oxygens (including phenoxy) is 12. The maximum Gasteiger partial charge on any atom is 1.00 e. The van der Waals surface area contributed by atoms with Crippen LogP contribution in [0.5, 0.6) is 34.5 Å². The Labute approximate surface area is 654 Å². The average molecular weight is 1570 g/mol. The number of alkyl carbamates (subject to hydrolysis) is 2. The summed E-state index contributed by atoms with van der Waals surface area (Å²) >= 11 is 0. The van der Waals surface area contributed by atoms with E-state index in [1.165, 1.54) is 39.8 Å². The molecule has 6 aliphatic rings. The number of aliphatic hydroxyl groups excluding tert-OH is 2. The molecule has 2 amide bonds. The van der Waals surface area contributed by atoms with Crippen LogP contribution in [-0.4, -0.2) is 241 Å². The van der Waals surface area contributed by atoms with Gasteiger partial charge in [0.05, 0.1) is 85.6 Å². The number of fused-ring (bicyclic) bond motifs is 4. The SMILES string of the molecule is C=O.CC(=O)OOC(C)=O.CC(C)CN(C[C@@H](O)[C@H](Cc1ccc(OCCCN(C)C)cc1)NC(=O)O[C@@H]1CO[C@H]2OCC[C@H]21)S(=O)(=O)c1ccc2c(c1)OCO2.CC(C)CN(C[C@@H](O)[C@H](Cc1ccc(OCCCN)cc1)NC(=O)O[C@@H]1CO[C@H]2OCC[C@H]21)S(=O)(=O)c1ccc2c(c1)OCO2.[B-]OC(C)=O.[Na+]. The number of hydrogen-bond acceptors (Lipinski definition) is 29. The molecule has 4 aromatic rings. The van der Waals surface area contributed by atoms with Gasteiger partial charge in [0.1, 0.15) is 30.5 Å². The summed E-state index contributed by atoms with van der Waals surface area (Å²) in [5.41, 5.74) is 7.16. The molecule has 108 heavy (non-hydrogen) atoms. The van der Waals surface area contributed by atoms with Crippen LogP contribution < -0.4 is 74.3 Å². The number of nitrogens with zero attached hydrogens (tertiary/aromatic N) is 3. The smallest absolute Gasteiger partial charge is 0.793 e. The van der Waals surface area contributed by atoms with Crippen LogP contribution in [0.2, 0.25) is 0 Å². The molecule has 0 saturated carbocycles. The third-order valence-electron chi connectivity index (χ3n) is 16.7. The molecule has 6 N–H and O–H groups in total. The molecule has 4 saturated heterocycles. The van der Waals surface area contributed by atoms with Gasteiger partial charge in [0, 0.05) is 65.6 Å². The molecular formula is C71H101BN6NaO27S2. The molecule has 33 nitrogen and oxygen atoms in total. The Morgan fingerprint density at radius 1 is 0.574 bits per heavy atom. The van der Waals surface area contributed by atoms with E-state index in [9.17, 15) is 51.0 Å². The second kappa shape index (κ2) is 45.9. The summed E-state index contributed by atoms with van der Waals surface area (Å²) in [7, 11) is 0.240. The number of aliphatic hydroxyl groups is 2. The van der Waals surface area contributed by atoms with Crippen molar-refractivity contribution in [2.24, 2.45) is 29.4 Å². The van der Waals surface area contributed by atoms with Crippen molar-refractivity contribution >= 4 is 65.0 Å². The van der Waals surface area contributed by atoms with Crippen molar-refractivity contribution in [3.63, 3.8) is 0 Å². The number of carbonyl (C=O) groups is 6. The number of carbonyl (C=O) groups excluding carboxylic acids is 6. The molecule has 6 aliphatic heterocycles. The number of benzene rings is 4. The van der Waals surface area contributed by atoms with Gasteiger partial charge >= 0.3 is 53.7 Å². The minimum absolute atomic E-state index is 0. The van der Waals surface area contributed by atoms with Crippen molar-refractivity contribution < 1.29 is 157 Å². The van der Waals surface area contributed by atoms with E-state index >= 15 is 0 Å². The third-order valence-corrected chi connectivity index (χ3v) is 20.4. The van der Waals surface area contributed by atoms with Crippen LogP contribution in [0, 0.1) is 23.7 Å². The van der Waals surface area contributed by atoms with Gasteiger partial charge in [-0.2, -0.15) is 8.61 Å². The van der Waals surface area contributed by atoms with Crippen LogP contribution in [0.25, 0.3) is 0 Å². The molecule has 0 bridgehead atoms. The Morgan fingerprint density at radius 2 is 0.954 bits per heavy atom. The number of hydrogen-bond donors (Lipinski definition) is 5. The van der Waals surface area contributed by atoms with E-state index in [0.717, 1.165) is 57.2 Å². The normalized spacial score (nSPS) is 19.5. The number of nitrogens with two attached hydrogens (primary N) is 1. The average Bonchev–Trinajstić information content (AvgIpc) is 1.64. The van der Waals surface area contributed by atoms with Crippen LogP contribution >= 0.6 is 0 Å². The fraction of sp³-hybridized carbons (Fsp3) is 0.577. The van der Waals surface area contributed by atoms with E-state index in [1.807, 2.05) is 85.0 Å². The molecule has 6 heterocycles. The van der Waals surface area contributed by atoms with Gasteiger partial charge in [-0.3, -0.25) is 4.79 Å². The maximum absolute atomic E-state index is 13.9. The van der Waals surface area contributed by atoms with E-state index in [0.29, 0.717) is 67.5 Å². The topological polar surface area (TPSA) is 409 Å². The van der Waals surface area contributed by atoms with Crippen LogP contribution in [0.4, 0.5) is 9.59 Å². The third kappa shape index (κ3) is 29.3. The van der Waals surface area contributed by atoms with Crippen molar-refractivity contribution in [3.8, 4) is 34.5 Å². The van der Waals surface area contributed by atoms with Crippen molar-refractivity contribution in [3.05, 3.63) is 96.1 Å². The van der Waals surface area contributed by atoms with Crippen molar-refractivity contribution in [2.45, 2.75) is 146 Å². The molecule has 0 spiro atoms. The van der Waals surface area contributed by atoms with Crippen LogP contribution in [0.3, 0.4) is 0 Å². The summed E-state index contributed by atoms with van der Waals surface area (Å²) in [4.78, 5) is 73.3.